The third-order valence-corrected chi connectivity index (χ3v) is 6.55. The van der Waals surface area contributed by atoms with E-state index in [-0.39, 0.29) is 11.5 Å². The summed E-state index contributed by atoms with van der Waals surface area (Å²) in [4.78, 5) is 17.2. The van der Waals surface area contributed by atoms with Crippen LogP contribution in [0.1, 0.15) is 17.0 Å². The number of carbonyl (C=O) groups excluding carboxylic acids is 1. The first kappa shape index (κ1) is 22.2. The second kappa shape index (κ2) is 9.61. The van der Waals surface area contributed by atoms with Crippen LogP contribution in [0.3, 0.4) is 0 Å². The highest BCUT2D eigenvalue weighted by Crippen LogP contribution is 2.24. The molecule has 1 aromatic heterocycles. The standard InChI is InChI=1S/C26H25IN4O/c1-19-15-21(20(2)31(19)25-10-6-7-23(27)17-25)16-22(18-28)26(32)30-13-11-29(12-14-30)24-8-4-3-5-9-24/h3-10,15-17H,11-14H2,1-2H3/b22-16-. The molecule has 0 bridgehead atoms. The minimum atomic E-state index is -0.195. The van der Waals surface area contributed by atoms with Gasteiger partial charge in [0.05, 0.1) is 0 Å². The van der Waals surface area contributed by atoms with Gasteiger partial charge in [-0.25, -0.2) is 0 Å². The molecule has 6 heteroatoms. The van der Waals surface area contributed by atoms with Gasteiger partial charge in [-0.15, -0.1) is 0 Å². The number of amides is 1. The minimum absolute atomic E-state index is 0.182. The maximum Gasteiger partial charge on any atom is 0.264 e. The SMILES string of the molecule is Cc1cc(/C=C(/C#N)C(=O)N2CCN(c3ccccc3)CC2)c(C)n1-c1cccc(I)c1. The van der Waals surface area contributed by atoms with Gasteiger partial charge in [0.25, 0.3) is 5.91 Å². The predicted molar refractivity (Wildman–Crippen MR) is 137 cm³/mol. The molecule has 5 nitrogen and oxygen atoms in total. The molecule has 1 aliphatic heterocycles. The highest BCUT2D eigenvalue weighted by Gasteiger charge is 2.24. The van der Waals surface area contributed by atoms with Gasteiger partial charge in [-0.05, 0) is 84.5 Å². The minimum Gasteiger partial charge on any atom is -0.368 e. The van der Waals surface area contributed by atoms with Crippen LogP contribution in [0, 0.1) is 28.7 Å². The van der Waals surface area contributed by atoms with Crippen molar-refractivity contribution >= 4 is 40.3 Å². The van der Waals surface area contributed by atoms with Crippen LogP contribution in [0.5, 0.6) is 0 Å². The number of hydrogen-bond acceptors (Lipinski definition) is 3. The summed E-state index contributed by atoms with van der Waals surface area (Å²) in [5, 5.41) is 9.75. The lowest BCUT2D eigenvalue weighted by Gasteiger charge is -2.36. The fourth-order valence-corrected chi connectivity index (χ4v) is 4.75. The molecule has 162 valence electrons. The number of aryl methyl sites for hydroxylation is 1. The monoisotopic (exact) mass is 536 g/mol. The number of aromatic nitrogens is 1. The Labute approximate surface area is 202 Å². The van der Waals surface area contributed by atoms with Gasteiger partial charge in [-0.2, -0.15) is 5.26 Å². The maximum atomic E-state index is 13.1. The van der Waals surface area contributed by atoms with Crippen LogP contribution < -0.4 is 4.90 Å². The molecule has 0 saturated carbocycles. The predicted octanol–water partition coefficient (Wildman–Crippen LogP) is 4.95. The van der Waals surface area contributed by atoms with Crippen LogP contribution in [-0.4, -0.2) is 41.6 Å². The normalized spacial score (nSPS) is 14.4. The fraction of sp³-hybridized carbons (Fsp3) is 0.231. The molecule has 1 fully saturated rings. The van der Waals surface area contributed by atoms with Gasteiger partial charge in [-0.1, -0.05) is 24.3 Å². The average molecular weight is 536 g/mol. The van der Waals surface area contributed by atoms with Gasteiger partial charge >= 0.3 is 0 Å². The highest BCUT2D eigenvalue weighted by atomic mass is 127. The van der Waals surface area contributed by atoms with E-state index in [9.17, 15) is 10.1 Å². The van der Waals surface area contributed by atoms with E-state index in [0.29, 0.717) is 13.1 Å². The molecule has 3 aromatic rings. The number of hydrogen-bond donors (Lipinski definition) is 0. The van der Waals surface area contributed by atoms with E-state index in [0.717, 1.165) is 39.3 Å². The number of carbonyl (C=O) groups is 1. The number of piperazine rings is 1. The summed E-state index contributed by atoms with van der Waals surface area (Å²) in [6.45, 7) is 6.80. The van der Waals surface area contributed by atoms with Crippen LogP contribution >= 0.6 is 22.6 Å². The summed E-state index contributed by atoms with van der Waals surface area (Å²) in [6, 6.07) is 22.7. The molecule has 2 heterocycles. The van der Waals surface area contributed by atoms with Gasteiger partial charge in [0.1, 0.15) is 11.6 Å². The smallest absolute Gasteiger partial charge is 0.264 e. The molecule has 1 saturated heterocycles. The van der Waals surface area contributed by atoms with E-state index >= 15 is 0 Å². The van der Waals surface area contributed by atoms with E-state index < -0.39 is 0 Å². The molecule has 0 atom stereocenters. The number of nitrogens with zero attached hydrogens (tertiary/aromatic N) is 4. The van der Waals surface area contributed by atoms with Crippen LogP contribution in [0.25, 0.3) is 11.8 Å². The van der Waals surface area contributed by atoms with Gasteiger partial charge in [0.2, 0.25) is 0 Å². The maximum absolute atomic E-state index is 13.1. The first-order chi connectivity index (χ1) is 15.5. The zero-order valence-corrected chi connectivity index (χ0v) is 20.4. The van der Waals surface area contributed by atoms with Crippen molar-refractivity contribution in [2.75, 3.05) is 31.1 Å². The zero-order valence-electron chi connectivity index (χ0n) is 18.3. The zero-order chi connectivity index (χ0) is 22.7. The molecule has 2 aromatic carbocycles. The third-order valence-electron chi connectivity index (χ3n) is 5.88. The van der Waals surface area contributed by atoms with Crippen LogP contribution in [0.4, 0.5) is 5.69 Å². The van der Waals surface area contributed by atoms with E-state index in [1.807, 2.05) is 44.2 Å². The Morgan fingerprint density at radius 3 is 2.31 bits per heavy atom. The lowest BCUT2D eigenvalue weighted by atomic mass is 10.1. The van der Waals surface area contributed by atoms with Crippen LogP contribution in [0.2, 0.25) is 0 Å². The first-order valence-corrected chi connectivity index (χ1v) is 11.7. The van der Waals surface area contributed by atoms with Crippen molar-refractivity contribution in [1.29, 1.82) is 5.26 Å². The number of halogens is 1. The first-order valence-electron chi connectivity index (χ1n) is 10.6. The van der Waals surface area contributed by atoms with Crippen molar-refractivity contribution in [3.63, 3.8) is 0 Å². The Bertz CT molecular complexity index is 1200. The molecule has 1 aliphatic rings. The molecule has 0 N–H and O–H groups in total. The van der Waals surface area contributed by atoms with Crippen molar-refractivity contribution in [1.82, 2.24) is 9.47 Å². The Kier molecular flexibility index (Phi) is 6.66. The molecule has 32 heavy (non-hydrogen) atoms. The lowest BCUT2D eigenvalue weighted by Crippen LogP contribution is -2.49. The molecule has 4 rings (SSSR count). The molecule has 0 aliphatic carbocycles. The second-order valence-electron chi connectivity index (χ2n) is 7.93. The fourth-order valence-electron chi connectivity index (χ4n) is 4.22. The van der Waals surface area contributed by atoms with Crippen molar-refractivity contribution in [3.8, 4) is 11.8 Å². The number of para-hydroxylation sites is 1. The Morgan fingerprint density at radius 2 is 1.66 bits per heavy atom. The molecule has 0 unspecified atom stereocenters. The molecular formula is C26H25IN4O. The Balaban J connectivity index is 1.53. The van der Waals surface area contributed by atoms with E-state index in [4.69, 9.17) is 0 Å². The Morgan fingerprint density at radius 1 is 0.969 bits per heavy atom. The number of benzene rings is 2. The quantitative estimate of drug-likeness (QED) is 0.269. The topological polar surface area (TPSA) is 52.3 Å². The molecule has 0 radical (unpaired) electrons. The number of anilines is 1. The van der Waals surface area contributed by atoms with Gasteiger partial charge < -0.3 is 14.4 Å². The van der Waals surface area contributed by atoms with E-state index in [1.165, 1.54) is 5.69 Å². The van der Waals surface area contributed by atoms with E-state index in [1.54, 1.807) is 11.0 Å². The largest absolute Gasteiger partial charge is 0.368 e. The van der Waals surface area contributed by atoms with Crippen LogP contribution in [-0.2, 0) is 4.79 Å². The van der Waals surface area contributed by atoms with Gasteiger partial charge in [-0.3, -0.25) is 4.79 Å². The van der Waals surface area contributed by atoms with Gasteiger partial charge in [0.15, 0.2) is 0 Å². The lowest BCUT2D eigenvalue weighted by molar-refractivity contribution is -0.126. The van der Waals surface area contributed by atoms with Crippen LogP contribution in [0.15, 0.2) is 66.2 Å². The summed E-state index contributed by atoms with van der Waals surface area (Å²) in [5.74, 6) is -0.195. The number of rotatable bonds is 4. The third kappa shape index (κ3) is 4.58. The summed E-state index contributed by atoms with van der Waals surface area (Å²) in [6.07, 6.45) is 1.73. The number of nitriles is 1. The van der Waals surface area contributed by atoms with Crippen molar-refractivity contribution in [3.05, 3.63) is 86.8 Å². The summed E-state index contributed by atoms with van der Waals surface area (Å²) in [5.41, 5.74) is 5.40. The Hall–Kier alpha value is -3.05. The summed E-state index contributed by atoms with van der Waals surface area (Å²) >= 11 is 2.30. The highest BCUT2D eigenvalue weighted by molar-refractivity contribution is 14.1. The van der Waals surface area contributed by atoms with E-state index in [2.05, 4.69) is 68.5 Å². The molecular weight excluding hydrogens is 511 g/mol. The molecule has 0 spiro atoms. The van der Waals surface area contributed by atoms with Crippen molar-refractivity contribution in [2.45, 2.75) is 13.8 Å². The van der Waals surface area contributed by atoms with Crippen molar-refractivity contribution < 1.29 is 4.79 Å². The molecule has 1 amide bonds. The summed E-state index contributed by atoms with van der Waals surface area (Å²) in [7, 11) is 0. The second-order valence-corrected chi connectivity index (χ2v) is 9.17. The van der Waals surface area contributed by atoms with Gasteiger partial charge in [0, 0.05) is 52.5 Å². The average Bonchev–Trinajstić information content (AvgIpc) is 3.10. The summed E-state index contributed by atoms with van der Waals surface area (Å²) < 4.78 is 3.32. The van der Waals surface area contributed by atoms with Crippen molar-refractivity contribution in [2.24, 2.45) is 0 Å².